The number of nitrogens with zero attached hydrogens (tertiary/aromatic N) is 3. The van der Waals surface area contributed by atoms with Crippen molar-refractivity contribution in [3.63, 3.8) is 0 Å². The number of carbonyl (C=O) groups excluding carboxylic acids is 1. The van der Waals surface area contributed by atoms with Gasteiger partial charge in [-0.05, 0) is 44.0 Å². The van der Waals surface area contributed by atoms with Crippen molar-refractivity contribution >= 4 is 28.2 Å². The zero-order chi connectivity index (χ0) is 19.7. The van der Waals surface area contributed by atoms with Crippen LogP contribution in [0.5, 0.6) is 5.75 Å². The van der Waals surface area contributed by atoms with Crippen LogP contribution in [-0.2, 0) is 4.79 Å². The number of ether oxygens (including phenoxy) is 1. The summed E-state index contributed by atoms with van der Waals surface area (Å²) in [5.41, 5.74) is 5.50. The Bertz CT molecular complexity index is 1150. The second kappa shape index (κ2) is 7.44. The molecule has 7 heteroatoms. The number of rotatable bonds is 5. The summed E-state index contributed by atoms with van der Waals surface area (Å²) in [5, 5.41) is 9.13. The number of anilines is 1. The fraction of sp³-hybridized carbons (Fsp3) is 0.190. The van der Waals surface area contributed by atoms with E-state index in [0.29, 0.717) is 5.75 Å². The van der Waals surface area contributed by atoms with Crippen LogP contribution in [0.3, 0.4) is 0 Å². The van der Waals surface area contributed by atoms with E-state index >= 15 is 0 Å². The van der Waals surface area contributed by atoms with E-state index in [4.69, 9.17) is 4.74 Å². The van der Waals surface area contributed by atoms with E-state index in [1.165, 1.54) is 22.5 Å². The molecule has 6 nitrogen and oxygen atoms in total. The van der Waals surface area contributed by atoms with Gasteiger partial charge in [0.15, 0.2) is 6.61 Å². The Kier molecular flexibility index (Phi) is 4.83. The molecule has 2 aromatic carbocycles. The zero-order valence-corrected chi connectivity index (χ0v) is 16.7. The minimum atomic E-state index is -0.298. The molecule has 28 heavy (non-hydrogen) atoms. The first-order valence-electron chi connectivity index (χ1n) is 8.91. The highest BCUT2D eigenvalue weighted by atomic mass is 32.1. The highest BCUT2D eigenvalue weighted by molar-refractivity contribution is 7.15. The number of nitrogens with one attached hydrogen (secondary N) is 1. The van der Waals surface area contributed by atoms with Crippen molar-refractivity contribution in [3.05, 3.63) is 64.5 Å². The number of hydrogen-bond acceptors (Lipinski definition) is 5. The molecule has 0 aliphatic rings. The van der Waals surface area contributed by atoms with Crippen molar-refractivity contribution in [2.75, 3.05) is 11.9 Å². The minimum Gasteiger partial charge on any atom is -0.484 e. The normalized spacial score (nSPS) is 11.0. The number of carbonyl (C=O) groups is 1. The van der Waals surface area contributed by atoms with Gasteiger partial charge in [0.2, 0.25) is 4.96 Å². The lowest BCUT2D eigenvalue weighted by Crippen LogP contribution is -2.21. The van der Waals surface area contributed by atoms with Crippen LogP contribution in [0.15, 0.2) is 47.8 Å². The number of hydrogen-bond donors (Lipinski definition) is 1. The first-order valence-corrected chi connectivity index (χ1v) is 9.79. The third-order valence-electron chi connectivity index (χ3n) is 4.53. The first-order chi connectivity index (χ1) is 13.5. The number of aryl methyl sites for hydroxylation is 3. The van der Waals surface area contributed by atoms with Gasteiger partial charge in [-0.3, -0.25) is 10.1 Å². The lowest BCUT2D eigenvalue weighted by molar-refractivity contribution is -0.118. The van der Waals surface area contributed by atoms with E-state index in [-0.39, 0.29) is 18.5 Å². The molecule has 4 aromatic rings. The first kappa shape index (κ1) is 18.2. The van der Waals surface area contributed by atoms with E-state index < -0.39 is 0 Å². The molecule has 0 spiro atoms. The number of benzene rings is 2. The number of fused-ring (bicyclic) bond motifs is 1. The molecule has 142 valence electrons. The van der Waals surface area contributed by atoms with Gasteiger partial charge in [-0.25, -0.2) is 4.52 Å². The van der Waals surface area contributed by atoms with E-state index in [1.807, 2.05) is 49.6 Å². The third-order valence-corrected chi connectivity index (χ3v) is 5.34. The smallest absolute Gasteiger partial charge is 0.264 e. The molecule has 2 heterocycles. The Hall–Kier alpha value is -3.19. The van der Waals surface area contributed by atoms with Crippen LogP contribution >= 0.6 is 11.3 Å². The highest BCUT2D eigenvalue weighted by Gasteiger charge is 2.13. The molecule has 0 saturated carbocycles. The van der Waals surface area contributed by atoms with Crippen LogP contribution in [0.25, 0.3) is 16.2 Å². The van der Waals surface area contributed by atoms with E-state index in [9.17, 15) is 4.79 Å². The van der Waals surface area contributed by atoms with E-state index in [2.05, 4.69) is 34.5 Å². The molecule has 0 aliphatic heterocycles. The Morgan fingerprint density at radius 3 is 2.64 bits per heavy atom. The summed E-state index contributed by atoms with van der Waals surface area (Å²) in [6, 6.07) is 14.0. The SMILES string of the molecule is Cc1ccc(-c2csc3nc(NC(=O)COc4ccc(C)c(C)c4)nn23)cc1. The molecule has 0 atom stereocenters. The molecule has 2 aromatic heterocycles. The van der Waals surface area contributed by atoms with Crippen molar-refractivity contribution in [2.24, 2.45) is 0 Å². The predicted molar refractivity (Wildman–Crippen MR) is 111 cm³/mol. The molecular formula is C21H20N4O2S. The molecule has 0 bridgehead atoms. The van der Waals surface area contributed by atoms with Crippen molar-refractivity contribution in [2.45, 2.75) is 20.8 Å². The molecule has 0 fully saturated rings. The number of thiazole rings is 1. The second-order valence-corrected chi connectivity index (χ2v) is 7.54. The predicted octanol–water partition coefficient (Wildman–Crippen LogP) is 4.40. The largest absolute Gasteiger partial charge is 0.484 e. The van der Waals surface area contributed by atoms with Crippen molar-refractivity contribution < 1.29 is 9.53 Å². The lowest BCUT2D eigenvalue weighted by atomic mass is 10.1. The van der Waals surface area contributed by atoms with Gasteiger partial charge in [-0.1, -0.05) is 35.9 Å². The topological polar surface area (TPSA) is 68.5 Å². The highest BCUT2D eigenvalue weighted by Crippen LogP contribution is 2.26. The van der Waals surface area contributed by atoms with Crippen LogP contribution in [0.4, 0.5) is 5.95 Å². The van der Waals surface area contributed by atoms with Crippen molar-refractivity contribution in [1.82, 2.24) is 14.6 Å². The molecular weight excluding hydrogens is 372 g/mol. The summed E-state index contributed by atoms with van der Waals surface area (Å²) >= 11 is 1.48. The van der Waals surface area contributed by atoms with Crippen LogP contribution in [0.1, 0.15) is 16.7 Å². The van der Waals surface area contributed by atoms with Crippen LogP contribution in [0, 0.1) is 20.8 Å². The molecule has 4 rings (SSSR count). The Balaban J connectivity index is 1.45. The lowest BCUT2D eigenvalue weighted by Gasteiger charge is -2.07. The van der Waals surface area contributed by atoms with Gasteiger partial charge in [0.1, 0.15) is 5.75 Å². The summed E-state index contributed by atoms with van der Waals surface area (Å²) in [6.45, 7) is 6.00. The fourth-order valence-corrected chi connectivity index (χ4v) is 3.60. The van der Waals surface area contributed by atoms with Crippen LogP contribution in [0.2, 0.25) is 0 Å². The fourth-order valence-electron chi connectivity index (χ4n) is 2.77. The quantitative estimate of drug-likeness (QED) is 0.547. The average Bonchev–Trinajstić information content (AvgIpc) is 3.23. The summed E-state index contributed by atoms with van der Waals surface area (Å²) in [4.78, 5) is 17.3. The van der Waals surface area contributed by atoms with Gasteiger partial charge < -0.3 is 4.74 Å². The van der Waals surface area contributed by atoms with E-state index in [0.717, 1.165) is 21.8 Å². The molecule has 1 amide bonds. The van der Waals surface area contributed by atoms with E-state index in [1.54, 1.807) is 4.52 Å². The molecule has 0 unspecified atom stereocenters. The minimum absolute atomic E-state index is 0.0970. The number of amides is 1. The standard InChI is InChI=1S/C21H20N4O2S/c1-13-4-7-16(8-5-13)18-12-28-21-23-20(24-25(18)21)22-19(26)11-27-17-9-6-14(2)15(3)10-17/h4-10,12H,11H2,1-3H3,(H,22,24,26). The molecule has 0 radical (unpaired) electrons. The van der Waals surface area contributed by atoms with Crippen molar-refractivity contribution in [3.8, 4) is 17.0 Å². The van der Waals surface area contributed by atoms with Gasteiger partial charge in [-0.15, -0.1) is 16.4 Å². The summed E-state index contributed by atoms with van der Waals surface area (Å²) < 4.78 is 7.31. The molecule has 0 saturated heterocycles. The summed E-state index contributed by atoms with van der Waals surface area (Å²) in [7, 11) is 0. The third kappa shape index (κ3) is 3.75. The molecule has 1 N–H and O–H groups in total. The maximum absolute atomic E-state index is 12.2. The maximum Gasteiger partial charge on any atom is 0.264 e. The van der Waals surface area contributed by atoms with Crippen LogP contribution < -0.4 is 10.1 Å². The van der Waals surface area contributed by atoms with Gasteiger partial charge in [0.25, 0.3) is 11.9 Å². The average molecular weight is 392 g/mol. The summed E-state index contributed by atoms with van der Waals surface area (Å²) in [6.07, 6.45) is 0. The number of aromatic nitrogens is 3. The monoisotopic (exact) mass is 392 g/mol. The van der Waals surface area contributed by atoms with Gasteiger partial charge >= 0.3 is 0 Å². The second-order valence-electron chi connectivity index (χ2n) is 6.70. The van der Waals surface area contributed by atoms with Gasteiger partial charge in [0.05, 0.1) is 5.69 Å². The van der Waals surface area contributed by atoms with Gasteiger partial charge in [0, 0.05) is 10.9 Å². The summed E-state index contributed by atoms with van der Waals surface area (Å²) in [5.74, 6) is 0.640. The van der Waals surface area contributed by atoms with Gasteiger partial charge in [-0.2, -0.15) is 4.98 Å². The Morgan fingerprint density at radius 1 is 1.11 bits per heavy atom. The Morgan fingerprint density at radius 2 is 1.89 bits per heavy atom. The zero-order valence-electron chi connectivity index (χ0n) is 15.9. The molecule has 0 aliphatic carbocycles. The maximum atomic E-state index is 12.2. The van der Waals surface area contributed by atoms with Crippen molar-refractivity contribution in [1.29, 1.82) is 0 Å². The van der Waals surface area contributed by atoms with Crippen LogP contribution in [-0.4, -0.2) is 27.1 Å². The Labute approximate surface area is 166 Å².